The van der Waals surface area contributed by atoms with Crippen LogP contribution in [0, 0.1) is 11.3 Å². The van der Waals surface area contributed by atoms with Crippen molar-refractivity contribution >= 4 is 41.6 Å². The molecule has 1 N–H and O–H groups in total. The van der Waals surface area contributed by atoms with Crippen LogP contribution < -0.4 is 10.2 Å². The van der Waals surface area contributed by atoms with Crippen LogP contribution in [0.15, 0.2) is 29.3 Å². The van der Waals surface area contributed by atoms with Gasteiger partial charge in [-0.15, -0.1) is 0 Å². The molecule has 0 spiro atoms. The summed E-state index contributed by atoms with van der Waals surface area (Å²) in [5.41, 5.74) is 0.593. The highest BCUT2D eigenvalue weighted by Crippen LogP contribution is 2.37. The Hall–Kier alpha value is -3.63. The van der Waals surface area contributed by atoms with Crippen LogP contribution in [0.25, 0.3) is 0 Å². The number of amides is 3. The van der Waals surface area contributed by atoms with E-state index in [1.165, 1.54) is 19.2 Å². The SMILES string of the molecule is CN1CCN(Cc2ccc(N(C)C(=O)Nc3cc(SC(C)(F)F)c(C#N)cn3)nc2C=O)C(=O)C1. The molecule has 0 aliphatic carbocycles. The number of aromatic nitrogens is 2. The van der Waals surface area contributed by atoms with Crippen molar-refractivity contribution in [3.05, 3.63) is 41.2 Å². The summed E-state index contributed by atoms with van der Waals surface area (Å²) in [6.07, 6.45) is 1.66. The van der Waals surface area contributed by atoms with Crippen LogP contribution in [0.1, 0.15) is 28.5 Å². The number of nitrogens with zero attached hydrogens (tertiary/aromatic N) is 6. The zero-order valence-electron chi connectivity index (χ0n) is 19.3. The fourth-order valence-electron chi connectivity index (χ4n) is 3.28. The van der Waals surface area contributed by atoms with Gasteiger partial charge >= 0.3 is 6.03 Å². The molecule has 10 nitrogen and oxygen atoms in total. The highest BCUT2D eigenvalue weighted by Gasteiger charge is 2.26. The number of carbonyl (C=O) groups excluding carboxylic acids is 3. The molecule has 2 aromatic rings. The van der Waals surface area contributed by atoms with Crippen molar-refractivity contribution in [3.63, 3.8) is 0 Å². The lowest BCUT2D eigenvalue weighted by Crippen LogP contribution is -2.48. The number of carbonyl (C=O) groups is 3. The van der Waals surface area contributed by atoms with Crippen LogP contribution in [0.4, 0.5) is 25.2 Å². The lowest BCUT2D eigenvalue weighted by atomic mass is 10.1. The molecule has 2 aromatic heterocycles. The van der Waals surface area contributed by atoms with Gasteiger partial charge in [-0.25, -0.2) is 14.8 Å². The number of nitriles is 1. The molecule has 3 rings (SSSR count). The van der Waals surface area contributed by atoms with Gasteiger partial charge in [0.05, 0.1) is 12.1 Å². The van der Waals surface area contributed by atoms with Crippen molar-refractivity contribution in [2.75, 3.05) is 43.9 Å². The Morgan fingerprint density at radius 3 is 2.77 bits per heavy atom. The Morgan fingerprint density at radius 2 is 2.14 bits per heavy atom. The number of likely N-dealkylation sites (N-methyl/N-ethyl adjacent to an activating group) is 1. The second-order valence-electron chi connectivity index (χ2n) is 7.96. The van der Waals surface area contributed by atoms with Gasteiger partial charge in [-0.1, -0.05) is 17.8 Å². The van der Waals surface area contributed by atoms with Gasteiger partial charge in [0.2, 0.25) is 5.91 Å². The number of rotatable bonds is 7. The number of halogens is 2. The van der Waals surface area contributed by atoms with E-state index < -0.39 is 11.3 Å². The summed E-state index contributed by atoms with van der Waals surface area (Å²) in [6, 6.07) is 5.45. The van der Waals surface area contributed by atoms with Crippen LogP contribution in [0.3, 0.4) is 0 Å². The van der Waals surface area contributed by atoms with Crippen LogP contribution in [0.5, 0.6) is 0 Å². The Balaban J connectivity index is 1.74. The second-order valence-corrected chi connectivity index (χ2v) is 9.32. The molecule has 1 aliphatic rings. The molecule has 0 unspecified atom stereocenters. The first kappa shape index (κ1) is 26.0. The van der Waals surface area contributed by atoms with Crippen LogP contribution in [-0.4, -0.2) is 77.0 Å². The van der Waals surface area contributed by atoms with Crippen LogP contribution in [0.2, 0.25) is 0 Å². The molecule has 184 valence electrons. The van der Waals surface area contributed by atoms with Gasteiger partial charge in [0.15, 0.2) is 6.29 Å². The maximum atomic E-state index is 13.4. The summed E-state index contributed by atoms with van der Waals surface area (Å²) in [4.78, 5) is 49.4. The van der Waals surface area contributed by atoms with Crippen molar-refractivity contribution < 1.29 is 23.2 Å². The summed E-state index contributed by atoms with van der Waals surface area (Å²) in [5, 5.41) is 8.46. The van der Waals surface area contributed by atoms with Crippen molar-refractivity contribution in [1.29, 1.82) is 5.26 Å². The highest BCUT2D eigenvalue weighted by molar-refractivity contribution is 8.00. The Kier molecular flexibility index (Phi) is 7.98. The molecule has 13 heteroatoms. The molecule has 0 radical (unpaired) electrons. The number of alkyl halides is 2. The van der Waals surface area contributed by atoms with E-state index >= 15 is 0 Å². The quantitative estimate of drug-likeness (QED) is 0.452. The smallest absolute Gasteiger partial charge is 0.328 e. The number of urea groups is 1. The van der Waals surface area contributed by atoms with Gasteiger partial charge in [-0.2, -0.15) is 14.0 Å². The van der Waals surface area contributed by atoms with Crippen LogP contribution in [-0.2, 0) is 11.3 Å². The van der Waals surface area contributed by atoms with Crippen LogP contribution >= 0.6 is 11.8 Å². The molecule has 0 atom stereocenters. The first-order chi connectivity index (χ1) is 16.5. The molecule has 35 heavy (non-hydrogen) atoms. The van der Waals surface area contributed by atoms with E-state index in [1.54, 1.807) is 17.0 Å². The summed E-state index contributed by atoms with van der Waals surface area (Å²) in [5.74, 6) is 0.0688. The molecule has 3 amide bonds. The topological polar surface area (TPSA) is 123 Å². The van der Waals surface area contributed by atoms with Gasteiger partial charge in [-0.3, -0.25) is 24.7 Å². The number of hydrogen-bond acceptors (Lipinski definition) is 8. The van der Waals surface area contributed by atoms with Crippen molar-refractivity contribution in [1.82, 2.24) is 19.8 Å². The van der Waals surface area contributed by atoms with Gasteiger partial charge in [0.1, 0.15) is 23.4 Å². The van der Waals surface area contributed by atoms with E-state index in [4.69, 9.17) is 5.26 Å². The number of anilines is 2. The first-order valence-electron chi connectivity index (χ1n) is 10.4. The summed E-state index contributed by atoms with van der Waals surface area (Å²) >= 11 is 0.176. The number of pyridine rings is 2. The third-order valence-electron chi connectivity index (χ3n) is 5.14. The summed E-state index contributed by atoms with van der Waals surface area (Å²) in [6.45, 7) is 2.46. The largest absolute Gasteiger partial charge is 0.336 e. The highest BCUT2D eigenvalue weighted by atomic mass is 32.2. The minimum Gasteiger partial charge on any atom is -0.336 e. The third-order valence-corrected chi connectivity index (χ3v) is 6.05. The molecular weight excluding hydrogens is 480 g/mol. The lowest BCUT2D eigenvalue weighted by Gasteiger charge is -2.32. The van der Waals surface area contributed by atoms with Gasteiger partial charge in [0.25, 0.3) is 5.25 Å². The van der Waals surface area contributed by atoms with Gasteiger partial charge in [0, 0.05) is 50.3 Å². The molecule has 1 aliphatic heterocycles. The molecule has 1 saturated heterocycles. The fourth-order valence-corrected chi connectivity index (χ4v) is 4.04. The Morgan fingerprint density at radius 1 is 1.40 bits per heavy atom. The average molecular weight is 504 g/mol. The normalized spacial score (nSPS) is 14.4. The summed E-state index contributed by atoms with van der Waals surface area (Å²) < 4.78 is 26.9. The first-order valence-corrected chi connectivity index (χ1v) is 11.3. The van der Waals surface area contributed by atoms with Gasteiger partial charge < -0.3 is 4.90 Å². The predicted molar refractivity (Wildman–Crippen MR) is 125 cm³/mol. The van der Waals surface area contributed by atoms with Crippen molar-refractivity contribution in [2.24, 2.45) is 0 Å². The Bertz CT molecular complexity index is 1180. The maximum Gasteiger partial charge on any atom is 0.328 e. The predicted octanol–water partition coefficient (Wildman–Crippen LogP) is 2.81. The number of thioether (sulfide) groups is 1. The minimum absolute atomic E-state index is 0.0304. The number of hydrogen-bond donors (Lipinski definition) is 1. The van der Waals surface area contributed by atoms with E-state index in [-0.39, 0.29) is 52.0 Å². The lowest BCUT2D eigenvalue weighted by molar-refractivity contribution is -0.136. The molecule has 0 aromatic carbocycles. The van der Waals surface area contributed by atoms with Crippen molar-refractivity contribution in [3.8, 4) is 6.07 Å². The van der Waals surface area contributed by atoms with Gasteiger partial charge in [-0.05, 0) is 19.2 Å². The van der Waals surface area contributed by atoms with E-state index in [9.17, 15) is 23.2 Å². The van der Waals surface area contributed by atoms with E-state index in [1.807, 2.05) is 11.9 Å². The van der Waals surface area contributed by atoms with Crippen molar-refractivity contribution in [2.45, 2.75) is 23.6 Å². The molecule has 0 saturated carbocycles. The number of nitrogens with one attached hydrogen (secondary N) is 1. The van der Waals surface area contributed by atoms with E-state index in [2.05, 4.69) is 15.3 Å². The monoisotopic (exact) mass is 503 g/mol. The molecule has 0 bridgehead atoms. The fraction of sp³-hybridized carbons (Fsp3) is 0.364. The minimum atomic E-state index is -3.13. The number of piperazine rings is 1. The third kappa shape index (κ3) is 6.71. The summed E-state index contributed by atoms with van der Waals surface area (Å²) in [7, 11) is 3.27. The molecule has 1 fully saturated rings. The maximum absolute atomic E-state index is 13.4. The second kappa shape index (κ2) is 10.7. The van der Waals surface area contributed by atoms with E-state index in [0.29, 0.717) is 31.9 Å². The average Bonchev–Trinajstić information content (AvgIpc) is 2.79. The van der Waals surface area contributed by atoms with E-state index in [0.717, 1.165) is 17.6 Å². The molecular formula is C22H23F2N7O3S. The standard InChI is InChI=1S/C22H23F2N7O3S/c1-22(23,24)35-17-8-18(26-10-15(17)9-25)28-21(34)30(3)19-5-4-14(16(13-32)27-19)11-31-7-6-29(2)12-20(31)33/h4-5,8,10,13H,6-7,11-12H2,1-3H3,(H,26,28,34). The zero-order valence-corrected chi connectivity index (χ0v) is 20.1. The molecule has 3 heterocycles. The number of aldehydes is 1. The zero-order chi connectivity index (χ0) is 25.8. The Labute approximate surface area is 204 Å².